The van der Waals surface area contributed by atoms with Crippen LogP contribution >= 0.6 is 0 Å². The highest BCUT2D eigenvalue weighted by molar-refractivity contribution is 5.80. The van der Waals surface area contributed by atoms with Crippen LogP contribution in [0.3, 0.4) is 0 Å². The van der Waals surface area contributed by atoms with E-state index in [1.165, 1.54) is 18.2 Å². The molecule has 0 spiro atoms. The fourth-order valence-corrected chi connectivity index (χ4v) is 2.29. The number of benzene rings is 2. The smallest absolute Gasteiger partial charge is 0.269 e. The van der Waals surface area contributed by atoms with Crippen molar-refractivity contribution in [3.63, 3.8) is 0 Å². The molecule has 0 saturated carbocycles. The summed E-state index contributed by atoms with van der Waals surface area (Å²) in [7, 11) is 0. The summed E-state index contributed by atoms with van der Waals surface area (Å²) in [6, 6.07) is 13.1. The first kappa shape index (κ1) is 12.3. The van der Waals surface area contributed by atoms with Crippen LogP contribution in [0.2, 0.25) is 0 Å². The maximum atomic E-state index is 13.6. The zero-order valence-corrected chi connectivity index (χ0v) is 10.5. The Bertz CT molecular complexity index is 795. The maximum Gasteiger partial charge on any atom is 0.269 e. The molecule has 0 atom stereocenters. The first-order valence-electron chi connectivity index (χ1n) is 6.12. The highest BCUT2D eigenvalue weighted by atomic mass is 19.1. The summed E-state index contributed by atoms with van der Waals surface area (Å²) in [6.07, 6.45) is 1.78. The Morgan fingerprint density at radius 3 is 2.75 bits per heavy atom. The van der Waals surface area contributed by atoms with E-state index < -0.39 is 4.92 Å². The quantitative estimate of drug-likeness (QED) is 0.537. The number of rotatable bonds is 3. The average Bonchev–Trinajstić information content (AvgIpc) is 2.84. The van der Waals surface area contributed by atoms with Crippen LogP contribution in [-0.4, -0.2) is 9.49 Å². The van der Waals surface area contributed by atoms with Crippen LogP contribution in [0, 0.1) is 15.9 Å². The zero-order valence-electron chi connectivity index (χ0n) is 10.5. The largest absolute Gasteiger partial charge is 0.343 e. The number of nitrogens with zero attached hydrogens (tertiary/aromatic N) is 2. The third-order valence-electron chi connectivity index (χ3n) is 3.23. The predicted octanol–water partition coefficient (Wildman–Crippen LogP) is 3.74. The molecular formula is C15H11FN2O2. The molecule has 0 bridgehead atoms. The lowest BCUT2D eigenvalue weighted by molar-refractivity contribution is -0.384. The number of hydrogen-bond donors (Lipinski definition) is 0. The molecule has 3 rings (SSSR count). The minimum absolute atomic E-state index is 0.0603. The van der Waals surface area contributed by atoms with Gasteiger partial charge in [-0.25, -0.2) is 4.39 Å². The fraction of sp³-hybridized carbons (Fsp3) is 0.0667. The van der Waals surface area contributed by atoms with E-state index in [0.717, 1.165) is 11.1 Å². The molecule has 0 saturated heterocycles. The average molecular weight is 270 g/mol. The summed E-state index contributed by atoms with van der Waals surface area (Å²) in [6.45, 7) is 0.467. The Labute approximate surface area is 114 Å². The van der Waals surface area contributed by atoms with E-state index in [2.05, 4.69) is 0 Å². The summed E-state index contributed by atoms with van der Waals surface area (Å²) in [5.41, 5.74) is 1.64. The zero-order chi connectivity index (χ0) is 14.1. The number of nitro benzene ring substituents is 1. The van der Waals surface area contributed by atoms with Crippen molar-refractivity contribution < 1.29 is 9.31 Å². The van der Waals surface area contributed by atoms with Crippen LogP contribution in [0.4, 0.5) is 10.1 Å². The maximum absolute atomic E-state index is 13.6. The molecule has 1 aromatic heterocycles. The van der Waals surface area contributed by atoms with E-state index >= 15 is 0 Å². The number of halogens is 1. The SMILES string of the molecule is O=[N+]([O-])c1cccc(Cn2ccc3c(F)cccc32)c1. The van der Waals surface area contributed by atoms with Crippen LogP contribution in [0.5, 0.6) is 0 Å². The molecular weight excluding hydrogens is 259 g/mol. The molecule has 0 radical (unpaired) electrons. The standard InChI is InChI=1S/C15H11FN2O2/c16-14-5-2-6-15-13(14)7-8-17(15)10-11-3-1-4-12(9-11)18(19)20/h1-9H,10H2. The van der Waals surface area contributed by atoms with E-state index in [0.29, 0.717) is 11.9 Å². The summed E-state index contributed by atoms with van der Waals surface area (Å²) in [5, 5.41) is 11.3. The van der Waals surface area contributed by atoms with Crippen molar-refractivity contribution in [2.75, 3.05) is 0 Å². The number of aromatic nitrogens is 1. The minimum Gasteiger partial charge on any atom is -0.343 e. The monoisotopic (exact) mass is 270 g/mol. The van der Waals surface area contributed by atoms with E-state index in [4.69, 9.17) is 0 Å². The van der Waals surface area contributed by atoms with Crippen LogP contribution < -0.4 is 0 Å². The van der Waals surface area contributed by atoms with E-state index in [1.54, 1.807) is 24.4 Å². The Balaban J connectivity index is 1.99. The fourth-order valence-electron chi connectivity index (χ4n) is 2.29. The van der Waals surface area contributed by atoms with Gasteiger partial charge in [0.15, 0.2) is 0 Å². The number of non-ortho nitro benzene ring substituents is 1. The van der Waals surface area contributed by atoms with Crippen molar-refractivity contribution in [2.45, 2.75) is 6.54 Å². The van der Waals surface area contributed by atoms with Crippen LogP contribution in [0.15, 0.2) is 54.7 Å². The Morgan fingerprint density at radius 2 is 1.95 bits per heavy atom. The van der Waals surface area contributed by atoms with Gasteiger partial charge in [-0.2, -0.15) is 0 Å². The summed E-state index contributed by atoms with van der Waals surface area (Å²) >= 11 is 0. The minimum atomic E-state index is -0.420. The lowest BCUT2D eigenvalue weighted by Crippen LogP contribution is -1.99. The van der Waals surface area contributed by atoms with Crippen molar-refractivity contribution >= 4 is 16.6 Å². The molecule has 5 heteroatoms. The first-order chi connectivity index (χ1) is 9.65. The van der Waals surface area contributed by atoms with Gasteiger partial charge in [0, 0.05) is 30.3 Å². The van der Waals surface area contributed by atoms with Gasteiger partial charge < -0.3 is 4.57 Å². The predicted molar refractivity (Wildman–Crippen MR) is 74.1 cm³/mol. The van der Waals surface area contributed by atoms with Crippen molar-refractivity contribution in [1.82, 2.24) is 4.57 Å². The number of hydrogen-bond acceptors (Lipinski definition) is 2. The van der Waals surface area contributed by atoms with Crippen LogP contribution in [0.25, 0.3) is 10.9 Å². The Morgan fingerprint density at radius 1 is 1.15 bits per heavy atom. The van der Waals surface area contributed by atoms with Crippen LogP contribution in [-0.2, 0) is 6.54 Å². The number of nitro groups is 1. The molecule has 0 fully saturated rings. The third kappa shape index (κ3) is 2.14. The number of fused-ring (bicyclic) bond motifs is 1. The summed E-state index contributed by atoms with van der Waals surface area (Å²) in [5.74, 6) is -0.264. The lowest BCUT2D eigenvalue weighted by Gasteiger charge is -2.05. The second kappa shape index (κ2) is 4.77. The highest BCUT2D eigenvalue weighted by Gasteiger charge is 2.08. The van der Waals surface area contributed by atoms with Crippen molar-refractivity contribution in [1.29, 1.82) is 0 Å². The molecule has 0 unspecified atom stereocenters. The molecule has 0 aliphatic carbocycles. The molecule has 1 heterocycles. The van der Waals surface area contributed by atoms with Gasteiger partial charge in [0.1, 0.15) is 5.82 Å². The van der Waals surface area contributed by atoms with Gasteiger partial charge in [-0.3, -0.25) is 10.1 Å². The van der Waals surface area contributed by atoms with Gasteiger partial charge in [0.05, 0.1) is 10.4 Å². The van der Waals surface area contributed by atoms with Gasteiger partial charge in [0.2, 0.25) is 0 Å². The van der Waals surface area contributed by atoms with Crippen LogP contribution in [0.1, 0.15) is 5.56 Å². The second-order valence-electron chi connectivity index (χ2n) is 4.54. The lowest BCUT2D eigenvalue weighted by atomic mass is 10.2. The molecule has 2 aromatic carbocycles. The molecule has 0 aliphatic heterocycles. The molecule has 0 aliphatic rings. The molecule has 0 N–H and O–H groups in total. The molecule has 100 valence electrons. The van der Waals surface area contributed by atoms with Gasteiger partial charge >= 0.3 is 0 Å². The van der Waals surface area contributed by atoms with Crippen molar-refractivity contribution in [2.24, 2.45) is 0 Å². The van der Waals surface area contributed by atoms with E-state index in [9.17, 15) is 14.5 Å². The molecule has 0 amide bonds. The summed E-state index contributed by atoms with van der Waals surface area (Å²) < 4.78 is 15.5. The molecule has 4 nitrogen and oxygen atoms in total. The van der Waals surface area contributed by atoms with E-state index in [1.807, 2.05) is 16.7 Å². The van der Waals surface area contributed by atoms with Crippen molar-refractivity contribution in [3.8, 4) is 0 Å². The van der Waals surface area contributed by atoms with E-state index in [-0.39, 0.29) is 11.5 Å². The normalized spacial score (nSPS) is 10.8. The topological polar surface area (TPSA) is 48.1 Å². The summed E-state index contributed by atoms with van der Waals surface area (Å²) in [4.78, 5) is 10.3. The molecule has 3 aromatic rings. The Hall–Kier alpha value is -2.69. The molecule has 20 heavy (non-hydrogen) atoms. The third-order valence-corrected chi connectivity index (χ3v) is 3.23. The Kier molecular flexibility index (Phi) is 2.95. The van der Waals surface area contributed by atoms with Gasteiger partial charge in [-0.05, 0) is 23.8 Å². The highest BCUT2D eigenvalue weighted by Crippen LogP contribution is 2.21. The van der Waals surface area contributed by atoms with Gasteiger partial charge in [-0.15, -0.1) is 0 Å². The van der Waals surface area contributed by atoms with Gasteiger partial charge in [-0.1, -0.05) is 18.2 Å². The first-order valence-corrected chi connectivity index (χ1v) is 6.12. The second-order valence-corrected chi connectivity index (χ2v) is 4.54. The van der Waals surface area contributed by atoms with Crippen molar-refractivity contribution in [3.05, 3.63) is 76.2 Å². The van der Waals surface area contributed by atoms with Gasteiger partial charge in [0.25, 0.3) is 5.69 Å².